The SMILES string of the molecule is CC(C)OC(=O)c1cn2ncc(-c3cc(-c4ccccc4)cs3)c2nc1C(C)C. The van der Waals surface area contributed by atoms with E-state index < -0.39 is 0 Å². The number of carbonyl (C=O) groups is 1. The molecule has 0 fully saturated rings. The molecule has 0 aliphatic heterocycles. The van der Waals surface area contributed by atoms with Crippen molar-refractivity contribution < 1.29 is 9.53 Å². The summed E-state index contributed by atoms with van der Waals surface area (Å²) in [5, 5.41) is 6.60. The van der Waals surface area contributed by atoms with E-state index in [1.165, 1.54) is 11.1 Å². The second-order valence-electron chi connectivity index (χ2n) is 7.54. The van der Waals surface area contributed by atoms with E-state index in [0.717, 1.165) is 21.8 Å². The Morgan fingerprint density at radius 1 is 1.10 bits per heavy atom. The van der Waals surface area contributed by atoms with Gasteiger partial charge in [0.15, 0.2) is 5.65 Å². The van der Waals surface area contributed by atoms with Gasteiger partial charge < -0.3 is 4.74 Å². The lowest BCUT2D eigenvalue weighted by molar-refractivity contribution is 0.0374. The maximum Gasteiger partial charge on any atom is 0.341 e. The van der Waals surface area contributed by atoms with Crippen molar-refractivity contribution in [2.45, 2.75) is 39.7 Å². The maximum absolute atomic E-state index is 12.6. The van der Waals surface area contributed by atoms with Crippen LogP contribution in [-0.4, -0.2) is 26.7 Å². The standard InChI is InChI=1S/C23H23N3O2S/c1-14(2)21-19(23(27)28-15(3)4)12-26-22(25-21)18(11-24-26)20-10-17(13-29-20)16-8-6-5-7-9-16/h5-15H,1-4H3. The average Bonchev–Trinajstić information content (AvgIpc) is 3.33. The van der Waals surface area contributed by atoms with Crippen LogP contribution in [0.25, 0.3) is 27.2 Å². The van der Waals surface area contributed by atoms with E-state index in [-0.39, 0.29) is 18.0 Å². The van der Waals surface area contributed by atoms with Crippen LogP contribution in [0.2, 0.25) is 0 Å². The molecule has 0 unspecified atom stereocenters. The number of carbonyl (C=O) groups excluding carboxylic acids is 1. The van der Waals surface area contributed by atoms with E-state index in [2.05, 4.69) is 28.7 Å². The van der Waals surface area contributed by atoms with Gasteiger partial charge in [-0.25, -0.2) is 14.3 Å². The van der Waals surface area contributed by atoms with Crippen molar-refractivity contribution in [3.8, 4) is 21.6 Å². The molecular formula is C23H23N3O2S. The van der Waals surface area contributed by atoms with Crippen molar-refractivity contribution in [2.75, 3.05) is 0 Å². The number of rotatable bonds is 5. The largest absolute Gasteiger partial charge is 0.459 e. The predicted octanol–water partition coefficient (Wildman–Crippen LogP) is 5.81. The molecule has 0 saturated heterocycles. The molecule has 3 aromatic heterocycles. The topological polar surface area (TPSA) is 56.5 Å². The minimum atomic E-state index is -0.363. The fourth-order valence-corrected chi connectivity index (χ4v) is 4.16. The number of hydrogen-bond donors (Lipinski definition) is 0. The van der Waals surface area contributed by atoms with Gasteiger partial charge in [-0.1, -0.05) is 44.2 Å². The number of ether oxygens (including phenoxy) is 1. The van der Waals surface area contributed by atoms with Gasteiger partial charge in [-0.2, -0.15) is 5.10 Å². The van der Waals surface area contributed by atoms with Crippen LogP contribution in [0, 0.1) is 0 Å². The summed E-state index contributed by atoms with van der Waals surface area (Å²) < 4.78 is 7.07. The number of thiophene rings is 1. The molecule has 0 atom stereocenters. The first kappa shape index (κ1) is 19.3. The molecule has 0 aliphatic rings. The molecular weight excluding hydrogens is 382 g/mol. The lowest BCUT2D eigenvalue weighted by Gasteiger charge is -2.13. The third kappa shape index (κ3) is 3.80. The summed E-state index contributed by atoms with van der Waals surface area (Å²) >= 11 is 1.67. The van der Waals surface area contributed by atoms with Crippen LogP contribution in [0.1, 0.15) is 49.7 Å². The molecule has 148 valence electrons. The Hall–Kier alpha value is -2.99. The van der Waals surface area contributed by atoms with Gasteiger partial charge in [-0.15, -0.1) is 11.3 Å². The van der Waals surface area contributed by atoms with Gasteiger partial charge in [0.1, 0.15) is 0 Å². The predicted molar refractivity (Wildman–Crippen MR) is 116 cm³/mol. The van der Waals surface area contributed by atoms with Crippen molar-refractivity contribution in [2.24, 2.45) is 0 Å². The van der Waals surface area contributed by atoms with Crippen molar-refractivity contribution in [3.63, 3.8) is 0 Å². The van der Waals surface area contributed by atoms with Gasteiger partial charge in [0.2, 0.25) is 0 Å². The number of aromatic nitrogens is 3. The molecule has 0 spiro atoms. The summed E-state index contributed by atoms with van der Waals surface area (Å²) in [6.07, 6.45) is 3.36. The van der Waals surface area contributed by atoms with E-state index in [1.807, 2.05) is 52.1 Å². The smallest absolute Gasteiger partial charge is 0.341 e. The van der Waals surface area contributed by atoms with Crippen LogP contribution in [0.3, 0.4) is 0 Å². The van der Waals surface area contributed by atoms with E-state index in [9.17, 15) is 4.79 Å². The summed E-state index contributed by atoms with van der Waals surface area (Å²) in [5.74, 6) is -0.279. The molecule has 4 rings (SSSR count). The van der Waals surface area contributed by atoms with Gasteiger partial charge >= 0.3 is 5.97 Å². The van der Waals surface area contributed by atoms with Crippen LogP contribution in [0.5, 0.6) is 0 Å². The Balaban J connectivity index is 1.79. The molecule has 0 bridgehead atoms. The fourth-order valence-electron chi connectivity index (χ4n) is 3.23. The number of benzene rings is 1. The molecule has 29 heavy (non-hydrogen) atoms. The third-order valence-electron chi connectivity index (χ3n) is 4.60. The molecule has 0 aliphatic carbocycles. The number of esters is 1. The van der Waals surface area contributed by atoms with Crippen molar-refractivity contribution in [1.82, 2.24) is 14.6 Å². The zero-order chi connectivity index (χ0) is 20.5. The van der Waals surface area contributed by atoms with Crippen LogP contribution >= 0.6 is 11.3 Å². The minimum absolute atomic E-state index is 0.0840. The van der Waals surface area contributed by atoms with Gasteiger partial charge in [0, 0.05) is 11.1 Å². The monoisotopic (exact) mass is 405 g/mol. The zero-order valence-electron chi connectivity index (χ0n) is 16.9. The second kappa shape index (κ2) is 7.79. The van der Waals surface area contributed by atoms with E-state index in [0.29, 0.717) is 5.56 Å². The van der Waals surface area contributed by atoms with Crippen LogP contribution in [0.15, 0.2) is 54.2 Å². The minimum Gasteiger partial charge on any atom is -0.459 e. The lowest BCUT2D eigenvalue weighted by Crippen LogP contribution is -2.16. The van der Waals surface area contributed by atoms with Crippen LogP contribution < -0.4 is 0 Å². The first-order chi connectivity index (χ1) is 13.9. The van der Waals surface area contributed by atoms with Crippen molar-refractivity contribution >= 4 is 23.0 Å². The zero-order valence-corrected chi connectivity index (χ0v) is 17.7. The van der Waals surface area contributed by atoms with Crippen LogP contribution in [-0.2, 0) is 4.74 Å². The fraction of sp³-hybridized carbons (Fsp3) is 0.261. The molecule has 0 amide bonds. The Kier molecular flexibility index (Phi) is 5.20. The van der Waals surface area contributed by atoms with E-state index >= 15 is 0 Å². The maximum atomic E-state index is 12.6. The first-order valence-electron chi connectivity index (χ1n) is 9.67. The Labute approximate surface area is 174 Å². The van der Waals surface area contributed by atoms with E-state index in [1.54, 1.807) is 22.0 Å². The summed E-state index contributed by atoms with van der Waals surface area (Å²) in [6.45, 7) is 7.73. The van der Waals surface area contributed by atoms with E-state index in [4.69, 9.17) is 9.72 Å². The van der Waals surface area contributed by atoms with Crippen molar-refractivity contribution in [1.29, 1.82) is 0 Å². The quantitative estimate of drug-likeness (QED) is 0.393. The highest BCUT2D eigenvalue weighted by Crippen LogP contribution is 2.35. The highest BCUT2D eigenvalue weighted by Gasteiger charge is 2.21. The lowest BCUT2D eigenvalue weighted by atomic mass is 10.0. The Bertz CT molecular complexity index is 1160. The summed E-state index contributed by atoms with van der Waals surface area (Å²) in [4.78, 5) is 18.5. The van der Waals surface area contributed by atoms with Gasteiger partial charge in [0.25, 0.3) is 0 Å². The second-order valence-corrected chi connectivity index (χ2v) is 8.45. The van der Waals surface area contributed by atoms with Crippen LogP contribution in [0.4, 0.5) is 0 Å². The molecule has 3 heterocycles. The molecule has 0 saturated carbocycles. The number of fused-ring (bicyclic) bond motifs is 1. The summed E-state index contributed by atoms with van der Waals surface area (Å²) in [7, 11) is 0. The third-order valence-corrected chi connectivity index (χ3v) is 5.57. The molecule has 1 aromatic carbocycles. The summed E-state index contributed by atoms with van der Waals surface area (Å²) in [6, 6.07) is 12.5. The highest BCUT2D eigenvalue weighted by molar-refractivity contribution is 7.14. The van der Waals surface area contributed by atoms with Crippen molar-refractivity contribution in [3.05, 3.63) is 65.4 Å². The molecule has 4 aromatic rings. The van der Waals surface area contributed by atoms with Gasteiger partial charge in [-0.3, -0.25) is 0 Å². The first-order valence-corrected chi connectivity index (χ1v) is 10.6. The van der Waals surface area contributed by atoms with Gasteiger partial charge in [0.05, 0.1) is 29.1 Å². The normalized spacial score (nSPS) is 11.5. The molecule has 6 heteroatoms. The average molecular weight is 406 g/mol. The molecule has 5 nitrogen and oxygen atoms in total. The Morgan fingerprint density at radius 3 is 2.55 bits per heavy atom. The number of nitrogens with zero attached hydrogens (tertiary/aromatic N) is 3. The van der Waals surface area contributed by atoms with Gasteiger partial charge in [-0.05, 0) is 42.3 Å². The summed E-state index contributed by atoms with van der Waals surface area (Å²) in [5.41, 5.74) is 5.25. The number of hydrogen-bond acceptors (Lipinski definition) is 5. The Morgan fingerprint density at radius 2 is 1.86 bits per heavy atom. The molecule has 0 radical (unpaired) electrons. The highest BCUT2D eigenvalue weighted by atomic mass is 32.1. The molecule has 0 N–H and O–H groups in total.